The zero-order valence-corrected chi connectivity index (χ0v) is 19.8. The van der Waals surface area contributed by atoms with Crippen LogP contribution in [-0.2, 0) is 9.59 Å². The van der Waals surface area contributed by atoms with Gasteiger partial charge in [-0.15, -0.1) is 0 Å². The van der Waals surface area contributed by atoms with Crippen LogP contribution in [0.3, 0.4) is 0 Å². The van der Waals surface area contributed by atoms with E-state index < -0.39 is 30.5 Å². The number of carbonyl (C=O) groups is 2. The van der Waals surface area contributed by atoms with Crippen LogP contribution in [0.25, 0.3) is 5.57 Å². The van der Waals surface area contributed by atoms with Gasteiger partial charge >= 0.3 is 5.97 Å². The van der Waals surface area contributed by atoms with Crippen molar-refractivity contribution in [3.8, 4) is 0 Å². The number of hydrazone groups is 1. The van der Waals surface area contributed by atoms with E-state index >= 15 is 0 Å². The number of hydrogen-bond donors (Lipinski definition) is 2. The fourth-order valence-corrected chi connectivity index (χ4v) is 4.45. The first-order valence-electron chi connectivity index (χ1n) is 10.7. The summed E-state index contributed by atoms with van der Waals surface area (Å²) < 4.78 is 14.6. The maximum Gasteiger partial charge on any atom is 0.306 e. The Morgan fingerprint density at radius 2 is 1.76 bits per heavy atom. The summed E-state index contributed by atoms with van der Waals surface area (Å²) in [6, 6.07) is 13.8. The summed E-state index contributed by atoms with van der Waals surface area (Å²) in [6.07, 6.45) is -0.872. The van der Waals surface area contributed by atoms with Gasteiger partial charge in [-0.1, -0.05) is 47.5 Å². The summed E-state index contributed by atoms with van der Waals surface area (Å²) in [7, 11) is 0. The lowest BCUT2D eigenvalue weighted by molar-refractivity contribution is -0.146. The second kappa shape index (κ2) is 9.99. The SMILES string of the molecule is CC1=CNCC(C2=NN(C(=O)C(F)CC(=O)O)C(c3ccc(Cl)cc3)C2)=C1c1ccc(Cl)cc1. The van der Waals surface area contributed by atoms with Crippen LogP contribution in [0.2, 0.25) is 10.0 Å². The van der Waals surface area contributed by atoms with Crippen LogP contribution in [0.15, 0.2) is 71.0 Å². The second-order valence-corrected chi connectivity index (χ2v) is 9.01. The lowest BCUT2D eigenvalue weighted by Crippen LogP contribution is -2.35. The van der Waals surface area contributed by atoms with Crippen molar-refractivity contribution in [2.45, 2.75) is 32.0 Å². The molecule has 0 radical (unpaired) electrons. The van der Waals surface area contributed by atoms with E-state index in [1.165, 1.54) is 0 Å². The summed E-state index contributed by atoms with van der Waals surface area (Å²) in [5, 5.41) is 18.9. The van der Waals surface area contributed by atoms with E-state index in [4.69, 9.17) is 28.3 Å². The smallest absolute Gasteiger partial charge is 0.306 e. The molecule has 176 valence electrons. The second-order valence-electron chi connectivity index (χ2n) is 8.14. The van der Waals surface area contributed by atoms with Crippen molar-refractivity contribution in [3.05, 3.63) is 87.0 Å². The molecule has 6 nitrogen and oxygen atoms in total. The molecule has 2 unspecified atom stereocenters. The number of amides is 1. The number of rotatable bonds is 6. The molecule has 34 heavy (non-hydrogen) atoms. The maximum atomic E-state index is 14.6. The zero-order chi connectivity index (χ0) is 24.4. The Hall–Kier alpha value is -3.16. The first kappa shape index (κ1) is 24.0. The highest BCUT2D eigenvalue weighted by Gasteiger charge is 2.38. The molecule has 0 aliphatic carbocycles. The molecule has 2 heterocycles. The van der Waals surface area contributed by atoms with Gasteiger partial charge in [-0.2, -0.15) is 5.10 Å². The third-order valence-electron chi connectivity index (χ3n) is 5.79. The fourth-order valence-electron chi connectivity index (χ4n) is 4.19. The summed E-state index contributed by atoms with van der Waals surface area (Å²) >= 11 is 12.1. The molecule has 2 aromatic rings. The van der Waals surface area contributed by atoms with Crippen LogP contribution in [0.1, 0.15) is 36.9 Å². The van der Waals surface area contributed by atoms with Crippen molar-refractivity contribution in [2.24, 2.45) is 5.10 Å². The normalized spacial score (nSPS) is 18.8. The topological polar surface area (TPSA) is 82.0 Å². The molecule has 9 heteroatoms. The molecule has 1 amide bonds. The van der Waals surface area contributed by atoms with Gasteiger partial charge in [-0.3, -0.25) is 9.59 Å². The molecule has 2 aliphatic rings. The Balaban J connectivity index is 1.78. The Kier molecular flexibility index (Phi) is 7.05. The van der Waals surface area contributed by atoms with Gasteiger partial charge in [0.1, 0.15) is 0 Å². The van der Waals surface area contributed by atoms with Gasteiger partial charge in [-0.05, 0) is 53.5 Å². The van der Waals surface area contributed by atoms with Crippen molar-refractivity contribution in [3.63, 3.8) is 0 Å². The molecule has 2 aliphatic heterocycles. The molecule has 0 saturated carbocycles. The van der Waals surface area contributed by atoms with Crippen LogP contribution in [0.4, 0.5) is 4.39 Å². The molecule has 0 saturated heterocycles. The highest BCUT2D eigenvalue weighted by Crippen LogP contribution is 2.38. The highest BCUT2D eigenvalue weighted by atomic mass is 35.5. The number of carboxylic acid groups (broad SMARTS) is 1. The minimum Gasteiger partial charge on any atom is -0.481 e. The third-order valence-corrected chi connectivity index (χ3v) is 6.29. The zero-order valence-electron chi connectivity index (χ0n) is 18.3. The fraction of sp³-hybridized carbons (Fsp3) is 0.240. The van der Waals surface area contributed by atoms with Gasteiger partial charge in [0.2, 0.25) is 0 Å². The monoisotopic (exact) mass is 501 g/mol. The average molecular weight is 502 g/mol. The van der Waals surface area contributed by atoms with E-state index in [0.717, 1.165) is 32.9 Å². The van der Waals surface area contributed by atoms with E-state index in [9.17, 15) is 14.0 Å². The molecule has 0 aromatic heterocycles. The number of aliphatic carboxylic acids is 1. The number of carbonyl (C=O) groups excluding carboxylic acids is 1. The molecular weight excluding hydrogens is 480 g/mol. The lowest BCUT2D eigenvalue weighted by Gasteiger charge is -2.23. The molecule has 0 bridgehead atoms. The van der Waals surface area contributed by atoms with Gasteiger partial charge in [0.15, 0.2) is 6.17 Å². The van der Waals surface area contributed by atoms with E-state index in [1.54, 1.807) is 36.4 Å². The molecule has 0 fully saturated rings. The summed E-state index contributed by atoms with van der Waals surface area (Å²) in [5.74, 6) is -2.38. The first-order chi connectivity index (χ1) is 16.2. The third kappa shape index (κ3) is 5.00. The number of allylic oxidation sites excluding steroid dienone is 2. The van der Waals surface area contributed by atoms with Gasteiger partial charge in [0.05, 0.1) is 18.2 Å². The number of benzene rings is 2. The lowest BCUT2D eigenvalue weighted by atomic mass is 9.88. The van der Waals surface area contributed by atoms with Crippen molar-refractivity contribution >= 4 is 46.4 Å². The molecule has 2 atom stereocenters. The number of nitrogens with zero attached hydrogens (tertiary/aromatic N) is 2. The highest BCUT2D eigenvalue weighted by molar-refractivity contribution is 6.30. The van der Waals surface area contributed by atoms with E-state index in [2.05, 4.69) is 10.4 Å². The van der Waals surface area contributed by atoms with Gasteiger partial charge in [0.25, 0.3) is 5.91 Å². The Labute approximate surface area is 206 Å². The van der Waals surface area contributed by atoms with Crippen LogP contribution in [0, 0.1) is 0 Å². The van der Waals surface area contributed by atoms with Crippen LogP contribution in [0.5, 0.6) is 0 Å². The maximum absolute atomic E-state index is 14.6. The Morgan fingerprint density at radius 3 is 2.38 bits per heavy atom. The molecule has 2 aromatic carbocycles. The molecule has 0 spiro atoms. The summed E-state index contributed by atoms with van der Waals surface area (Å²) in [6.45, 7) is 2.44. The summed E-state index contributed by atoms with van der Waals surface area (Å²) in [5.41, 5.74) is 5.11. The number of halogens is 3. The molecular formula is C25H22Cl2FN3O3. The number of carboxylic acids is 1. The predicted octanol–water partition coefficient (Wildman–Crippen LogP) is 5.40. The van der Waals surface area contributed by atoms with Crippen molar-refractivity contribution < 1.29 is 19.1 Å². The van der Waals surface area contributed by atoms with E-state index in [0.29, 0.717) is 28.7 Å². The number of dihydropyridines is 1. The van der Waals surface area contributed by atoms with Crippen LogP contribution < -0.4 is 5.32 Å². The van der Waals surface area contributed by atoms with Crippen molar-refractivity contribution in [1.82, 2.24) is 10.3 Å². The quantitative estimate of drug-likeness (QED) is 0.555. The average Bonchev–Trinajstić information content (AvgIpc) is 3.24. The minimum absolute atomic E-state index is 0.342. The van der Waals surface area contributed by atoms with E-state index in [-0.39, 0.29) is 0 Å². The van der Waals surface area contributed by atoms with Crippen LogP contribution >= 0.6 is 23.2 Å². The number of hydrogen-bond acceptors (Lipinski definition) is 4. The number of alkyl halides is 1. The van der Waals surface area contributed by atoms with Crippen molar-refractivity contribution in [1.29, 1.82) is 0 Å². The summed E-state index contributed by atoms with van der Waals surface area (Å²) in [4.78, 5) is 23.9. The van der Waals surface area contributed by atoms with Crippen LogP contribution in [-0.4, -0.2) is 40.4 Å². The minimum atomic E-state index is -2.20. The number of nitrogens with one attached hydrogen (secondary N) is 1. The van der Waals surface area contributed by atoms with E-state index in [1.807, 2.05) is 25.3 Å². The van der Waals surface area contributed by atoms with Gasteiger partial charge in [-0.25, -0.2) is 9.40 Å². The Bertz CT molecular complexity index is 1210. The standard InChI is InChI=1S/C25H22Cl2FN3O3/c1-14-12-29-13-19(24(14)16-4-8-18(27)9-5-16)21-11-22(15-2-6-17(26)7-3-15)31(30-21)25(34)20(28)10-23(32)33/h2-9,12,20,22,29H,10-11,13H2,1H3,(H,32,33). The first-order valence-corrected chi connectivity index (χ1v) is 11.4. The van der Waals surface area contributed by atoms with Crippen molar-refractivity contribution in [2.75, 3.05) is 6.54 Å². The van der Waals surface area contributed by atoms with Gasteiger partial charge in [0, 0.05) is 34.8 Å². The van der Waals surface area contributed by atoms with Gasteiger partial charge < -0.3 is 10.4 Å². The Morgan fingerprint density at radius 1 is 1.15 bits per heavy atom. The molecule has 4 rings (SSSR count). The molecule has 2 N–H and O–H groups in total. The largest absolute Gasteiger partial charge is 0.481 e. The predicted molar refractivity (Wildman–Crippen MR) is 130 cm³/mol.